The summed E-state index contributed by atoms with van der Waals surface area (Å²) in [7, 11) is 2.08. The molecule has 0 saturated heterocycles. The second-order valence-corrected chi connectivity index (χ2v) is 4.35. The Bertz CT molecular complexity index is 361. The molecule has 0 bridgehead atoms. The van der Waals surface area contributed by atoms with Crippen molar-refractivity contribution in [2.24, 2.45) is 11.8 Å². The van der Waals surface area contributed by atoms with Gasteiger partial charge in [0.2, 0.25) is 0 Å². The van der Waals surface area contributed by atoms with Crippen LogP contribution in [0, 0.1) is 5.92 Å². The van der Waals surface area contributed by atoms with Gasteiger partial charge in [-0.3, -0.25) is 0 Å². The average molecular weight is 221 g/mol. The van der Waals surface area contributed by atoms with Crippen LogP contribution in [0.15, 0.2) is 6.33 Å². The van der Waals surface area contributed by atoms with Crippen LogP contribution in [0.5, 0.6) is 0 Å². The number of nitrogens with zero attached hydrogens (tertiary/aromatic N) is 3. The molecule has 0 unspecified atom stereocenters. The van der Waals surface area contributed by atoms with Crippen molar-refractivity contribution in [3.8, 4) is 0 Å². The molecular formula is C11H19N5. The van der Waals surface area contributed by atoms with Crippen LogP contribution in [-0.2, 0) is 6.42 Å². The lowest BCUT2D eigenvalue weighted by Crippen LogP contribution is -2.24. The van der Waals surface area contributed by atoms with E-state index in [2.05, 4.69) is 34.3 Å². The van der Waals surface area contributed by atoms with Crippen LogP contribution in [0.4, 0.5) is 11.6 Å². The third-order valence-corrected chi connectivity index (χ3v) is 3.00. The Labute approximate surface area is 96.0 Å². The molecule has 1 heterocycles. The van der Waals surface area contributed by atoms with Crippen LogP contribution in [-0.4, -0.2) is 23.6 Å². The molecule has 5 nitrogen and oxygen atoms in total. The SMILES string of the molecule is CCc1c(NN)ncnc1N(C)CC1CC1. The van der Waals surface area contributed by atoms with E-state index in [-0.39, 0.29) is 0 Å². The summed E-state index contributed by atoms with van der Waals surface area (Å²) in [5.74, 6) is 8.03. The average Bonchev–Trinajstić information content (AvgIpc) is 3.11. The first kappa shape index (κ1) is 11.1. The molecule has 1 aliphatic rings. The van der Waals surface area contributed by atoms with E-state index in [0.29, 0.717) is 0 Å². The first-order valence-corrected chi connectivity index (χ1v) is 5.77. The molecule has 2 rings (SSSR count). The third-order valence-electron chi connectivity index (χ3n) is 3.00. The highest BCUT2D eigenvalue weighted by atomic mass is 15.3. The first-order chi connectivity index (χ1) is 7.76. The molecule has 1 aromatic heterocycles. The molecule has 3 N–H and O–H groups in total. The number of nitrogen functional groups attached to an aromatic ring is 1. The number of nitrogens with one attached hydrogen (secondary N) is 1. The minimum absolute atomic E-state index is 0.732. The zero-order valence-electron chi connectivity index (χ0n) is 9.90. The fraction of sp³-hybridized carbons (Fsp3) is 0.636. The van der Waals surface area contributed by atoms with Crippen molar-refractivity contribution in [2.75, 3.05) is 23.9 Å². The Morgan fingerprint density at radius 2 is 2.25 bits per heavy atom. The van der Waals surface area contributed by atoms with Crippen LogP contribution in [0.25, 0.3) is 0 Å². The Hall–Kier alpha value is -1.36. The zero-order chi connectivity index (χ0) is 11.5. The van der Waals surface area contributed by atoms with E-state index in [9.17, 15) is 0 Å². The van der Waals surface area contributed by atoms with Crippen LogP contribution in [0.1, 0.15) is 25.3 Å². The van der Waals surface area contributed by atoms with Crippen LogP contribution in [0.3, 0.4) is 0 Å². The zero-order valence-corrected chi connectivity index (χ0v) is 9.90. The van der Waals surface area contributed by atoms with Crippen molar-refractivity contribution in [1.82, 2.24) is 9.97 Å². The summed E-state index contributed by atoms with van der Waals surface area (Å²) < 4.78 is 0. The van der Waals surface area contributed by atoms with Crippen molar-refractivity contribution in [1.29, 1.82) is 0 Å². The van der Waals surface area contributed by atoms with E-state index in [0.717, 1.165) is 36.1 Å². The van der Waals surface area contributed by atoms with Gasteiger partial charge < -0.3 is 10.3 Å². The molecule has 5 heteroatoms. The molecule has 16 heavy (non-hydrogen) atoms. The van der Waals surface area contributed by atoms with E-state index >= 15 is 0 Å². The number of hydrogen-bond acceptors (Lipinski definition) is 5. The summed E-state index contributed by atoms with van der Waals surface area (Å²) in [6.45, 7) is 3.17. The van der Waals surface area contributed by atoms with Crippen molar-refractivity contribution in [3.05, 3.63) is 11.9 Å². The molecule has 0 aliphatic heterocycles. The van der Waals surface area contributed by atoms with Gasteiger partial charge in [-0.05, 0) is 25.2 Å². The van der Waals surface area contributed by atoms with E-state index in [4.69, 9.17) is 5.84 Å². The van der Waals surface area contributed by atoms with Gasteiger partial charge in [-0.15, -0.1) is 0 Å². The van der Waals surface area contributed by atoms with Crippen LogP contribution < -0.4 is 16.2 Å². The van der Waals surface area contributed by atoms with E-state index in [1.54, 1.807) is 6.33 Å². The summed E-state index contributed by atoms with van der Waals surface area (Å²) in [5.41, 5.74) is 3.72. The van der Waals surface area contributed by atoms with Crippen molar-refractivity contribution in [2.45, 2.75) is 26.2 Å². The van der Waals surface area contributed by atoms with E-state index < -0.39 is 0 Å². The van der Waals surface area contributed by atoms with Gasteiger partial charge in [-0.1, -0.05) is 6.92 Å². The van der Waals surface area contributed by atoms with Gasteiger partial charge in [-0.2, -0.15) is 0 Å². The predicted molar refractivity (Wildman–Crippen MR) is 65.2 cm³/mol. The highest BCUT2D eigenvalue weighted by Crippen LogP contribution is 2.32. The molecule has 88 valence electrons. The van der Waals surface area contributed by atoms with Gasteiger partial charge in [0.15, 0.2) is 0 Å². The summed E-state index contributed by atoms with van der Waals surface area (Å²) in [4.78, 5) is 10.7. The maximum absolute atomic E-state index is 5.45. The largest absolute Gasteiger partial charge is 0.359 e. The molecule has 0 amide bonds. The summed E-state index contributed by atoms with van der Waals surface area (Å²) in [6.07, 6.45) is 5.13. The Morgan fingerprint density at radius 1 is 1.50 bits per heavy atom. The van der Waals surface area contributed by atoms with Crippen molar-refractivity contribution < 1.29 is 0 Å². The predicted octanol–water partition coefficient (Wildman–Crippen LogP) is 1.17. The smallest absolute Gasteiger partial charge is 0.148 e. The number of aromatic nitrogens is 2. The number of nitrogens with two attached hydrogens (primary N) is 1. The fourth-order valence-corrected chi connectivity index (χ4v) is 1.96. The molecule has 0 radical (unpaired) electrons. The lowest BCUT2D eigenvalue weighted by Gasteiger charge is -2.21. The molecule has 0 aromatic carbocycles. The quantitative estimate of drug-likeness (QED) is 0.577. The van der Waals surface area contributed by atoms with Gasteiger partial charge in [0.1, 0.15) is 18.0 Å². The van der Waals surface area contributed by atoms with Gasteiger partial charge in [0, 0.05) is 19.2 Å². The summed E-state index contributed by atoms with van der Waals surface area (Å²) >= 11 is 0. The fourth-order valence-electron chi connectivity index (χ4n) is 1.96. The lowest BCUT2D eigenvalue weighted by molar-refractivity contribution is 0.769. The monoisotopic (exact) mass is 221 g/mol. The molecule has 0 spiro atoms. The number of anilines is 2. The minimum atomic E-state index is 0.732. The first-order valence-electron chi connectivity index (χ1n) is 5.77. The van der Waals surface area contributed by atoms with Gasteiger partial charge in [0.05, 0.1) is 0 Å². The molecule has 1 fully saturated rings. The van der Waals surface area contributed by atoms with Crippen molar-refractivity contribution >= 4 is 11.6 Å². The van der Waals surface area contributed by atoms with E-state index in [1.165, 1.54) is 12.8 Å². The molecule has 0 atom stereocenters. The lowest BCUT2D eigenvalue weighted by atomic mass is 10.2. The maximum atomic E-state index is 5.45. The topological polar surface area (TPSA) is 67.1 Å². The van der Waals surface area contributed by atoms with Crippen LogP contribution in [0.2, 0.25) is 0 Å². The standard InChI is InChI=1S/C11H19N5/c1-3-9-10(15-12)13-7-14-11(9)16(2)6-8-4-5-8/h7-8H,3-6,12H2,1-2H3,(H,13,14,15). The number of rotatable bonds is 5. The normalized spacial score (nSPS) is 14.9. The third kappa shape index (κ3) is 2.24. The Morgan fingerprint density at radius 3 is 2.81 bits per heavy atom. The van der Waals surface area contributed by atoms with Gasteiger partial charge >= 0.3 is 0 Å². The summed E-state index contributed by atoms with van der Waals surface area (Å²) in [5, 5.41) is 0. The number of hydrogen-bond donors (Lipinski definition) is 2. The maximum Gasteiger partial charge on any atom is 0.148 e. The van der Waals surface area contributed by atoms with Gasteiger partial charge in [0.25, 0.3) is 0 Å². The minimum Gasteiger partial charge on any atom is -0.359 e. The van der Waals surface area contributed by atoms with Crippen LogP contribution >= 0.6 is 0 Å². The molecule has 1 aromatic rings. The van der Waals surface area contributed by atoms with E-state index in [1.807, 2.05) is 0 Å². The second kappa shape index (κ2) is 4.65. The summed E-state index contributed by atoms with van der Waals surface area (Å²) in [6, 6.07) is 0. The highest BCUT2D eigenvalue weighted by Gasteiger charge is 2.24. The highest BCUT2D eigenvalue weighted by molar-refractivity contribution is 5.58. The Kier molecular flexibility index (Phi) is 3.24. The second-order valence-electron chi connectivity index (χ2n) is 4.35. The Balaban J connectivity index is 2.23. The van der Waals surface area contributed by atoms with Crippen molar-refractivity contribution in [3.63, 3.8) is 0 Å². The molecule has 1 saturated carbocycles. The molecular weight excluding hydrogens is 202 g/mol. The number of hydrazine groups is 1. The molecule has 1 aliphatic carbocycles. The van der Waals surface area contributed by atoms with Gasteiger partial charge in [-0.25, -0.2) is 15.8 Å².